The monoisotopic (exact) mass is 363 g/mol. The number of hydrogen-bond acceptors (Lipinski definition) is 3. The summed E-state index contributed by atoms with van der Waals surface area (Å²) >= 11 is 10.9. The Labute approximate surface area is 151 Å². The van der Waals surface area contributed by atoms with Gasteiger partial charge in [-0.05, 0) is 49.5 Å². The molecule has 0 atom stereocenters. The van der Waals surface area contributed by atoms with Crippen LogP contribution in [0.4, 0.5) is 5.69 Å². The maximum atomic E-state index is 12.1. The number of methoxy groups -OCH3 is 1. The summed E-state index contributed by atoms with van der Waals surface area (Å²) in [5.41, 5.74) is 7.87. The standard InChI is InChI=1S/C17H18ClN3O2S/c1-11-3-8-15(23-2)12(9-11)10-16(22)20-21-17(24)19-14-6-4-13(18)5-7-14/h3-9H,10H2,1-2H3,(H,20,22)(H2,19,21,24). The smallest absolute Gasteiger partial charge is 0.242 e. The Kier molecular flexibility index (Phi) is 6.40. The normalized spacial score (nSPS) is 9.96. The zero-order valence-corrected chi connectivity index (χ0v) is 14.9. The van der Waals surface area contributed by atoms with Crippen molar-refractivity contribution in [2.45, 2.75) is 13.3 Å². The molecule has 0 bridgehead atoms. The molecule has 0 radical (unpaired) electrons. The fraction of sp³-hybridized carbons (Fsp3) is 0.176. The van der Waals surface area contributed by atoms with E-state index in [1.807, 2.05) is 25.1 Å². The van der Waals surface area contributed by atoms with Gasteiger partial charge in [-0.1, -0.05) is 29.3 Å². The minimum atomic E-state index is -0.223. The van der Waals surface area contributed by atoms with Crippen LogP contribution in [-0.4, -0.2) is 18.1 Å². The summed E-state index contributed by atoms with van der Waals surface area (Å²) in [6.45, 7) is 1.96. The zero-order chi connectivity index (χ0) is 17.5. The second-order valence-electron chi connectivity index (χ2n) is 5.13. The van der Waals surface area contributed by atoms with Crippen molar-refractivity contribution in [3.05, 3.63) is 58.6 Å². The second-order valence-corrected chi connectivity index (χ2v) is 5.97. The zero-order valence-electron chi connectivity index (χ0n) is 13.4. The topological polar surface area (TPSA) is 62.4 Å². The molecule has 0 unspecified atom stereocenters. The predicted molar refractivity (Wildman–Crippen MR) is 100 cm³/mol. The van der Waals surface area contributed by atoms with Crippen molar-refractivity contribution in [3.8, 4) is 5.75 Å². The highest BCUT2D eigenvalue weighted by atomic mass is 35.5. The minimum absolute atomic E-state index is 0.182. The van der Waals surface area contributed by atoms with Gasteiger partial charge < -0.3 is 10.1 Å². The number of benzene rings is 2. The predicted octanol–water partition coefficient (Wildman–Crippen LogP) is 3.22. The number of thiocarbonyl (C=S) groups is 1. The molecule has 0 aliphatic rings. The molecule has 0 saturated carbocycles. The van der Waals surface area contributed by atoms with Gasteiger partial charge in [-0.2, -0.15) is 0 Å². The molecule has 0 heterocycles. The highest BCUT2D eigenvalue weighted by Crippen LogP contribution is 2.20. The molecule has 0 aliphatic carbocycles. The lowest BCUT2D eigenvalue weighted by Crippen LogP contribution is -2.44. The van der Waals surface area contributed by atoms with Gasteiger partial charge in [-0.15, -0.1) is 0 Å². The van der Waals surface area contributed by atoms with Gasteiger partial charge in [-0.3, -0.25) is 15.6 Å². The highest BCUT2D eigenvalue weighted by Gasteiger charge is 2.09. The van der Waals surface area contributed by atoms with E-state index >= 15 is 0 Å². The van der Waals surface area contributed by atoms with Gasteiger partial charge in [0.1, 0.15) is 5.75 Å². The van der Waals surface area contributed by atoms with Crippen LogP contribution in [0.3, 0.4) is 0 Å². The van der Waals surface area contributed by atoms with E-state index in [9.17, 15) is 4.79 Å². The van der Waals surface area contributed by atoms with Crippen LogP contribution in [-0.2, 0) is 11.2 Å². The Balaban J connectivity index is 1.85. The maximum Gasteiger partial charge on any atom is 0.242 e. The van der Waals surface area contributed by atoms with Crippen LogP contribution in [0.2, 0.25) is 5.02 Å². The molecule has 1 amide bonds. The maximum absolute atomic E-state index is 12.1. The van der Waals surface area contributed by atoms with Crippen molar-refractivity contribution in [2.75, 3.05) is 12.4 Å². The number of hydrogen-bond donors (Lipinski definition) is 3. The minimum Gasteiger partial charge on any atom is -0.496 e. The lowest BCUT2D eigenvalue weighted by molar-refractivity contribution is -0.121. The van der Waals surface area contributed by atoms with Gasteiger partial charge in [0.2, 0.25) is 5.91 Å². The summed E-state index contributed by atoms with van der Waals surface area (Å²) in [5, 5.41) is 3.86. The number of ether oxygens (including phenoxy) is 1. The van der Waals surface area contributed by atoms with Crippen molar-refractivity contribution in [3.63, 3.8) is 0 Å². The number of carbonyl (C=O) groups is 1. The third-order valence-corrected chi connectivity index (χ3v) is 3.66. The summed E-state index contributed by atoms with van der Waals surface area (Å²) in [7, 11) is 1.58. The van der Waals surface area contributed by atoms with Gasteiger partial charge in [0.25, 0.3) is 0 Å². The van der Waals surface area contributed by atoms with E-state index in [0.717, 1.165) is 16.8 Å². The van der Waals surface area contributed by atoms with Crippen LogP contribution in [0.25, 0.3) is 0 Å². The summed E-state index contributed by atoms with van der Waals surface area (Å²) in [4.78, 5) is 12.1. The van der Waals surface area contributed by atoms with Crippen LogP contribution < -0.4 is 20.9 Å². The average molecular weight is 364 g/mol. The first-order valence-corrected chi connectivity index (χ1v) is 8.01. The SMILES string of the molecule is COc1ccc(C)cc1CC(=O)NNC(=S)Nc1ccc(Cl)cc1. The Hall–Kier alpha value is -2.31. The molecule has 2 aromatic carbocycles. The number of carbonyl (C=O) groups excluding carboxylic acids is 1. The molecule has 0 aliphatic heterocycles. The fourth-order valence-corrected chi connectivity index (χ4v) is 2.38. The summed E-state index contributed by atoms with van der Waals surface area (Å²) < 4.78 is 5.27. The quantitative estimate of drug-likeness (QED) is 0.575. The first kappa shape index (κ1) is 18.0. The van der Waals surface area contributed by atoms with E-state index in [0.29, 0.717) is 10.8 Å². The summed E-state index contributed by atoms with van der Waals surface area (Å²) in [5.74, 6) is 0.455. The number of hydrazine groups is 1. The number of anilines is 1. The van der Waals surface area contributed by atoms with Gasteiger partial charge in [0.15, 0.2) is 5.11 Å². The van der Waals surface area contributed by atoms with E-state index in [4.69, 9.17) is 28.6 Å². The lowest BCUT2D eigenvalue weighted by Gasteiger charge is -2.13. The van der Waals surface area contributed by atoms with Gasteiger partial charge >= 0.3 is 0 Å². The van der Waals surface area contributed by atoms with Crippen LogP contribution in [0.5, 0.6) is 5.75 Å². The van der Waals surface area contributed by atoms with E-state index in [-0.39, 0.29) is 17.4 Å². The van der Waals surface area contributed by atoms with Crippen LogP contribution in [0, 0.1) is 6.92 Å². The molecule has 3 N–H and O–H groups in total. The molecule has 0 aromatic heterocycles. The number of aryl methyl sites for hydroxylation is 1. The highest BCUT2D eigenvalue weighted by molar-refractivity contribution is 7.80. The Bertz CT molecular complexity index is 735. The van der Waals surface area contributed by atoms with E-state index in [1.165, 1.54) is 0 Å². The molecule has 0 fully saturated rings. The second kappa shape index (κ2) is 8.52. The van der Waals surface area contributed by atoms with E-state index < -0.39 is 0 Å². The molecule has 24 heavy (non-hydrogen) atoms. The number of nitrogens with one attached hydrogen (secondary N) is 3. The third-order valence-electron chi connectivity index (χ3n) is 3.20. The van der Waals surface area contributed by atoms with E-state index in [1.54, 1.807) is 31.4 Å². The Morgan fingerprint density at radius 2 is 1.88 bits per heavy atom. The molecule has 0 spiro atoms. The largest absolute Gasteiger partial charge is 0.496 e. The first-order chi connectivity index (χ1) is 11.5. The molecule has 2 aromatic rings. The third kappa shape index (κ3) is 5.40. The first-order valence-electron chi connectivity index (χ1n) is 7.23. The lowest BCUT2D eigenvalue weighted by atomic mass is 10.1. The Morgan fingerprint density at radius 3 is 2.54 bits per heavy atom. The van der Waals surface area contributed by atoms with E-state index in [2.05, 4.69) is 16.2 Å². The number of rotatable bonds is 4. The van der Waals surface area contributed by atoms with Gasteiger partial charge in [-0.25, -0.2) is 0 Å². The molecule has 7 heteroatoms. The van der Waals surface area contributed by atoms with Crippen LogP contribution in [0.1, 0.15) is 11.1 Å². The van der Waals surface area contributed by atoms with Crippen molar-refractivity contribution in [1.82, 2.24) is 10.9 Å². The molecule has 0 saturated heterocycles. The summed E-state index contributed by atoms with van der Waals surface area (Å²) in [6, 6.07) is 12.8. The number of amides is 1. The molecule has 5 nitrogen and oxygen atoms in total. The van der Waals surface area contributed by atoms with Crippen LogP contribution >= 0.6 is 23.8 Å². The van der Waals surface area contributed by atoms with Gasteiger partial charge in [0, 0.05) is 16.3 Å². The molecular weight excluding hydrogens is 346 g/mol. The Morgan fingerprint density at radius 1 is 1.17 bits per heavy atom. The molecular formula is C17H18ClN3O2S. The van der Waals surface area contributed by atoms with Crippen molar-refractivity contribution in [1.29, 1.82) is 0 Å². The van der Waals surface area contributed by atoms with Crippen molar-refractivity contribution >= 4 is 40.5 Å². The van der Waals surface area contributed by atoms with Crippen LogP contribution in [0.15, 0.2) is 42.5 Å². The summed E-state index contributed by atoms with van der Waals surface area (Å²) in [6.07, 6.45) is 0.182. The van der Waals surface area contributed by atoms with Crippen molar-refractivity contribution in [2.24, 2.45) is 0 Å². The molecule has 126 valence electrons. The van der Waals surface area contributed by atoms with Gasteiger partial charge in [0.05, 0.1) is 13.5 Å². The molecule has 2 rings (SSSR count). The van der Waals surface area contributed by atoms with Crippen molar-refractivity contribution < 1.29 is 9.53 Å². The average Bonchev–Trinajstić information content (AvgIpc) is 2.55. The fourth-order valence-electron chi connectivity index (χ4n) is 2.08. The number of halogens is 1.